The van der Waals surface area contributed by atoms with Crippen LogP contribution in [0.1, 0.15) is 0 Å². The van der Waals surface area contributed by atoms with Gasteiger partial charge in [0.2, 0.25) is 0 Å². The number of rotatable bonds is 3. The fraction of sp³-hybridized carbons (Fsp3) is 0. The maximum absolute atomic E-state index is 6.34. The summed E-state index contributed by atoms with van der Waals surface area (Å²) in [5, 5.41) is 6.99. The molecule has 0 N–H and O–H groups in total. The van der Waals surface area contributed by atoms with Gasteiger partial charge in [-0.25, -0.2) is 4.98 Å². The highest BCUT2D eigenvalue weighted by Crippen LogP contribution is 2.40. The molecule has 0 fully saturated rings. The average molecular weight is 537 g/mol. The number of benzene rings is 7. The average Bonchev–Trinajstić information content (AvgIpc) is 3.63. The molecule has 0 radical (unpaired) electrons. The summed E-state index contributed by atoms with van der Waals surface area (Å²) in [6.45, 7) is 0. The van der Waals surface area contributed by atoms with E-state index in [1.165, 1.54) is 27.3 Å². The number of nitrogens with zero attached hydrogens (tertiary/aromatic N) is 2. The number of aromatic nitrogens is 2. The normalized spacial score (nSPS) is 11.8. The van der Waals surface area contributed by atoms with Crippen molar-refractivity contribution in [2.75, 3.05) is 0 Å². The third-order valence-corrected chi connectivity index (χ3v) is 8.41. The summed E-state index contributed by atoms with van der Waals surface area (Å²) in [6.07, 6.45) is 0. The van der Waals surface area contributed by atoms with Gasteiger partial charge in [0.1, 0.15) is 17.0 Å². The molecule has 0 aliphatic rings. The van der Waals surface area contributed by atoms with Gasteiger partial charge in [-0.1, -0.05) is 109 Å². The topological polar surface area (TPSA) is 31.0 Å². The minimum absolute atomic E-state index is 0.915. The predicted molar refractivity (Wildman–Crippen MR) is 174 cm³/mol. The Hall–Kier alpha value is -5.67. The number of hydrogen-bond donors (Lipinski definition) is 0. The molecule has 42 heavy (non-hydrogen) atoms. The van der Waals surface area contributed by atoms with E-state index in [9.17, 15) is 0 Å². The number of furan rings is 1. The van der Waals surface area contributed by atoms with Crippen LogP contribution in [-0.2, 0) is 0 Å². The first-order valence-corrected chi connectivity index (χ1v) is 14.2. The van der Waals surface area contributed by atoms with E-state index in [0.717, 1.165) is 55.4 Å². The van der Waals surface area contributed by atoms with Crippen LogP contribution in [0.3, 0.4) is 0 Å². The van der Waals surface area contributed by atoms with E-state index in [2.05, 4.69) is 138 Å². The zero-order valence-electron chi connectivity index (χ0n) is 22.7. The second-order valence-electron chi connectivity index (χ2n) is 10.8. The minimum Gasteiger partial charge on any atom is -0.455 e. The van der Waals surface area contributed by atoms with E-state index in [0.29, 0.717) is 0 Å². The Kier molecular flexibility index (Phi) is 4.90. The molecule has 0 aliphatic carbocycles. The van der Waals surface area contributed by atoms with Gasteiger partial charge < -0.3 is 4.42 Å². The van der Waals surface area contributed by atoms with Gasteiger partial charge in [-0.2, -0.15) is 0 Å². The van der Waals surface area contributed by atoms with E-state index in [-0.39, 0.29) is 0 Å². The summed E-state index contributed by atoms with van der Waals surface area (Å²) in [5.41, 5.74) is 8.48. The summed E-state index contributed by atoms with van der Waals surface area (Å²) in [6, 6.07) is 51.3. The van der Waals surface area contributed by atoms with Crippen LogP contribution in [-0.4, -0.2) is 9.55 Å². The summed E-state index contributed by atoms with van der Waals surface area (Å²) in [5.74, 6) is 0.942. The summed E-state index contributed by atoms with van der Waals surface area (Å²) >= 11 is 0. The Bertz CT molecular complexity index is 2460. The molecule has 0 amide bonds. The van der Waals surface area contributed by atoms with E-state index in [1.807, 2.05) is 12.1 Å². The van der Waals surface area contributed by atoms with Crippen molar-refractivity contribution < 1.29 is 4.42 Å². The maximum atomic E-state index is 6.34. The van der Waals surface area contributed by atoms with Crippen molar-refractivity contribution in [1.29, 1.82) is 0 Å². The second kappa shape index (κ2) is 8.92. The van der Waals surface area contributed by atoms with Crippen molar-refractivity contribution in [3.05, 3.63) is 146 Å². The van der Waals surface area contributed by atoms with E-state index in [4.69, 9.17) is 9.40 Å². The number of para-hydroxylation sites is 3. The van der Waals surface area contributed by atoms with Gasteiger partial charge in [0.25, 0.3) is 0 Å². The molecule has 0 saturated carbocycles. The third kappa shape index (κ3) is 3.37. The van der Waals surface area contributed by atoms with Gasteiger partial charge >= 0.3 is 0 Å². The van der Waals surface area contributed by atoms with Crippen molar-refractivity contribution in [1.82, 2.24) is 9.55 Å². The quantitative estimate of drug-likeness (QED) is 0.225. The van der Waals surface area contributed by atoms with Gasteiger partial charge in [0, 0.05) is 27.4 Å². The molecule has 3 heteroatoms. The zero-order valence-corrected chi connectivity index (χ0v) is 22.7. The van der Waals surface area contributed by atoms with Crippen molar-refractivity contribution in [3.8, 4) is 28.2 Å². The number of imidazole rings is 1. The van der Waals surface area contributed by atoms with Crippen LogP contribution < -0.4 is 0 Å². The lowest BCUT2D eigenvalue weighted by Crippen LogP contribution is -1.98. The Labute approximate surface area is 241 Å². The Morgan fingerprint density at radius 3 is 2.07 bits per heavy atom. The van der Waals surface area contributed by atoms with E-state index < -0.39 is 0 Å². The monoisotopic (exact) mass is 536 g/mol. The Balaban J connectivity index is 1.26. The first-order valence-electron chi connectivity index (χ1n) is 14.2. The fourth-order valence-electron chi connectivity index (χ4n) is 6.46. The first-order chi connectivity index (χ1) is 20.8. The molecule has 0 unspecified atom stereocenters. The van der Waals surface area contributed by atoms with Gasteiger partial charge in [0.05, 0.1) is 11.0 Å². The van der Waals surface area contributed by atoms with Crippen LogP contribution in [0.25, 0.3) is 82.7 Å². The number of hydrogen-bond acceptors (Lipinski definition) is 2. The first kappa shape index (κ1) is 23.1. The Morgan fingerprint density at radius 2 is 1.19 bits per heavy atom. The van der Waals surface area contributed by atoms with Crippen molar-refractivity contribution in [2.24, 2.45) is 0 Å². The van der Waals surface area contributed by atoms with Crippen LogP contribution in [0, 0.1) is 0 Å². The van der Waals surface area contributed by atoms with Crippen LogP contribution in [0.15, 0.2) is 150 Å². The molecule has 0 saturated heterocycles. The SMILES string of the molecule is c1ccc2c(-c3nc4ccccc4n3-c3ccc(-c4cc5c6ccccc6oc5c5ccccc45)cc3)cccc2c1. The van der Waals surface area contributed by atoms with Crippen LogP contribution in [0.4, 0.5) is 0 Å². The van der Waals surface area contributed by atoms with Crippen molar-refractivity contribution in [3.63, 3.8) is 0 Å². The highest BCUT2D eigenvalue weighted by molar-refractivity contribution is 6.19. The Morgan fingerprint density at radius 1 is 0.500 bits per heavy atom. The van der Waals surface area contributed by atoms with Crippen molar-refractivity contribution >= 4 is 54.5 Å². The molecule has 2 heterocycles. The largest absolute Gasteiger partial charge is 0.455 e. The number of fused-ring (bicyclic) bond motifs is 7. The lowest BCUT2D eigenvalue weighted by molar-refractivity contribution is 0.672. The van der Waals surface area contributed by atoms with Crippen LogP contribution in [0.5, 0.6) is 0 Å². The van der Waals surface area contributed by atoms with Crippen molar-refractivity contribution in [2.45, 2.75) is 0 Å². The predicted octanol–water partition coefficient (Wildman–Crippen LogP) is 10.6. The highest BCUT2D eigenvalue weighted by atomic mass is 16.3. The standard InChI is InChI=1S/C39H24N2O/c1-2-12-28-25(10-1)11-9-16-32(28)39-40-35-17-6-7-18-36(35)41(39)27-22-20-26(21-23-27)33-24-34-30-14-5-8-19-37(30)42-38(34)31-15-4-3-13-29(31)33/h1-24H. The molecule has 9 rings (SSSR count). The highest BCUT2D eigenvalue weighted by Gasteiger charge is 2.18. The minimum atomic E-state index is 0.915. The maximum Gasteiger partial charge on any atom is 0.146 e. The van der Waals surface area contributed by atoms with Gasteiger partial charge in [-0.05, 0) is 63.7 Å². The molecular weight excluding hydrogens is 512 g/mol. The lowest BCUT2D eigenvalue weighted by atomic mass is 9.95. The molecule has 0 bridgehead atoms. The molecule has 0 aliphatic heterocycles. The molecule has 9 aromatic rings. The smallest absolute Gasteiger partial charge is 0.146 e. The molecule has 2 aromatic heterocycles. The molecule has 3 nitrogen and oxygen atoms in total. The molecule has 7 aromatic carbocycles. The summed E-state index contributed by atoms with van der Waals surface area (Å²) in [4.78, 5) is 5.14. The second-order valence-corrected chi connectivity index (χ2v) is 10.8. The zero-order chi connectivity index (χ0) is 27.6. The molecule has 0 atom stereocenters. The summed E-state index contributed by atoms with van der Waals surface area (Å²) in [7, 11) is 0. The summed E-state index contributed by atoms with van der Waals surface area (Å²) < 4.78 is 8.62. The van der Waals surface area contributed by atoms with E-state index in [1.54, 1.807) is 0 Å². The third-order valence-electron chi connectivity index (χ3n) is 8.41. The van der Waals surface area contributed by atoms with Gasteiger partial charge in [0.15, 0.2) is 0 Å². The van der Waals surface area contributed by atoms with Gasteiger partial charge in [-0.15, -0.1) is 0 Å². The van der Waals surface area contributed by atoms with E-state index >= 15 is 0 Å². The fourth-order valence-corrected chi connectivity index (χ4v) is 6.46. The molecule has 0 spiro atoms. The van der Waals surface area contributed by atoms with Gasteiger partial charge in [-0.3, -0.25) is 4.57 Å². The van der Waals surface area contributed by atoms with Crippen LogP contribution in [0.2, 0.25) is 0 Å². The molecular formula is C39H24N2O. The van der Waals surface area contributed by atoms with Crippen LogP contribution >= 0.6 is 0 Å². The lowest BCUT2D eigenvalue weighted by Gasteiger charge is -2.13. The molecule has 196 valence electrons.